The number of hydrogen-bond donors (Lipinski definition) is 0. The number of rotatable bonds is 4. The highest BCUT2D eigenvalue weighted by molar-refractivity contribution is 5.96. The molecule has 0 atom stereocenters. The van der Waals surface area contributed by atoms with E-state index in [0.717, 1.165) is 17.0 Å². The van der Waals surface area contributed by atoms with E-state index in [1.165, 1.54) is 0 Å². The number of nitrogens with zero attached hydrogens (tertiary/aromatic N) is 3. The summed E-state index contributed by atoms with van der Waals surface area (Å²) in [5, 5.41) is 0. The normalized spacial score (nSPS) is 14.4. The van der Waals surface area contributed by atoms with E-state index in [1.54, 1.807) is 4.90 Å². The molecule has 0 aliphatic carbocycles. The van der Waals surface area contributed by atoms with E-state index in [0.29, 0.717) is 31.9 Å². The van der Waals surface area contributed by atoms with Gasteiger partial charge < -0.3 is 19.1 Å². The first-order chi connectivity index (χ1) is 12.5. The summed E-state index contributed by atoms with van der Waals surface area (Å²) < 4.78 is 7.54. The molecule has 3 rings (SSSR count). The summed E-state index contributed by atoms with van der Waals surface area (Å²) in [6, 6.07) is 11.2. The molecule has 0 bridgehead atoms. The van der Waals surface area contributed by atoms with Crippen LogP contribution in [0.3, 0.4) is 0 Å². The molecule has 2 aromatic rings. The predicted octanol–water partition coefficient (Wildman–Crippen LogP) is 2.01. The topological polar surface area (TPSA) is 54.8 Å². The van der Waals surface area contributed by atoms with Crippen molar-refractivity contribution in [2.24, 2.45) is 7.05 Å². The fourth-order valence-corrected chi connectivity index (χ4v) is 3.15. The van der Waals surface area contributed by atoms with Gasteiger partial charge in [-0.3, -0.25) is 9.59 Å². The molecule has 2 amide bonds. The van der Waals surface area contributed by atoms with Gasteiger partial charge >= 0.3 is 0 Å². The standard InChI is InChI=1S/C20H25N3O3/c1-15-13-18(16(2)21(15)3)20(25)23-11-9-22(10-12-23)19(24)14-26-17-7-5-4-6-8-17/h4-8,13H,9-12,14H2,1-3H3. The van der Waals surface area contributed by atoms with Crippen LogP contribution < -0.4 is 4.74 Å². The van der Waals surface area contributed by atoms with Crippen LogP contribution in [0.5, 0.6) is 5.75 Å². The van der Waals surface area contributed by atoms with Crippen LogP contribution >= 0.6 is 0 Å². The molecule has 1 fully saturated rings. The van der Waals surface area contributed by atoms with Crippen LogP contribution in [0.15, 0.2) is 36.4 Å². The zero-order valence-corrected chi connectivity index (χ0v) is 15.6. The number of benzene rings is 1. The van der Waals surface area contributed by atoms with Crippen LogP contribution in [0.4, 0.5) is 0 Å². The van der Waals surface area contributed by atoms with Gasteiger partial charge in [-0.1, -0.05) is 18.2 Å². The number of para-hydroxylation sites is 1. The lowest BCUT2D eigenvalue weighted by atomic mass is 10.2. The molecule has 6 heteroatoms. The minimum atomic E-state index is -0.0484. The molecule has 26 heavy (non-hydrogen) atoms. The lowest BCUT2D eigenvalue weighted by molar-refractivity contribution is -0.134. The van der Waals surface area contributed by atoms with E-state index in [2.05, 4.69) is 0 Å². The fraction of sp³-hybridized carbons (Fsp3) is 0.400. The summed E-state index contributed by atoms with van der Waals surface area (Å²) in [5.41, 5.74) is 2.79. The van der Waals surface area contributed by atoms with Gasteiger partial charge in [-0.2, -0.15) is 0 Å². The van der Waals surface area contributed by atoms with Gasteiger partial charge in [0.25, 0.3) is 11.8 Å². The summed E-state index contributed by atoms with van der Waals surface area (Å²) in [6.45, 7) is 6.14. The first kappa shape index (κ1) is 18.0. The van der Waals surface area contributed by atoms with Crippen molar-refractivity contribution in [1.29, 1.82) is 0 Å². The maximum atomic E-state index is 12.8. The van der Waals surface area contributed by atoms with E-state index in [-0.39, 0.29) is 18.4 Å². The molecule has 1 aliphatic rings. The van der Waals surface area contributed by atoms with Gasteiger partial charge in [-0.05, 0) is 32.0 Å². The van der Waals surface area contributed by atoms with E-state index in [1.807, 2.05) is 66.8 Å². The summed E-state index contributed by atoms with van der Waals surface area (Å²) >= 11 is 0. The minimum Gasteiger partial charge on any atom is -0.484 e. The molecule has 2 heterocycles. The van der Waals surface area contributed by atoms with Crippen molar-refractivity contribution < 1.29 is 14.3 Å². The van der Waals surface area contributed by atoms with Crippen LogP contribution in [0, 0.1) is 13.8 Å². The lowest BCUT2D eigenvalue weighted by Crippen LogP contribution is -2.51. The number of aromatic nitrogens is 1. The monoisotopic (exact) mass is 355 g/mol. The number of ether oxygens (including phenoxy) is 1. The van der Waals surface area contributed by atoms with Crippen molar-refractivity contribution in [3.63, 3.8) is 0 Å². The second-order valence-electron chi connectivity index (χ2n) is 6.62. The minimum absolute atomic E-state index is 0.0228. The van der Waals surface area contributed by atoms with Crippen molar-refractivity contribution in [3.05, 3.63) is 53.3 Å². The van der Waals surface area contributed by atoms with Crippen molar-refractivity contribution in [2.75, 3.05) is 32.8 Å². The van der Waals surface area contributed by atoms with Crippen molar-refractivity contribution in [1.82, 2.24) is 14.4 Å². The Bertz CT molecular complexity index is 790. The maximum Gasteiger partial charge on any atom is 0.260 e. The third-order valence-electron chi connectivity index (χ3n) is 5.03. The Morgan fingerprint density at radius 1 is 1.00 bits per heavy atom. The summed E-state index contributed by atoms with van der Waals surface area (Å²) in [5.74, 6) is 0.677. The molecule has 0 spiro atoms. The largest absolute Gasteiger partial charge is 0.484 e. The number of amides is 2. The van der Waals surface area contributed by atoms with Crippen molar-refractivity contribution in [2.45, 2.75) is 13.8 Å². The maximum absolute atomic E-state index is 12.8. The second-order valence-corrected chi connectivity index (χ2v) is 6.62. The summed E-state index contributed by atoms with van der Waals surface area (Å²) in [6.07, 6.45) is 0. The van der Waals surface area contributed by atoms with Crippen molar-refractivity contribution in [3.8, 4) is 5.75 Å². The highest BCUT2D eigenvalue weighted by atomic mass is 16.5. The van der Waals surface area contributed by atoms with Gasteiger partial charge in [0.05, 0.1) is 5.56 Å². The zero-order chi connectivity index (χ0) is 18.7. The third kappa shape index (κ3) is 3.74. The molecule has 0 N–H and O–H groups in total. The Morgan fingerprint density at radius 3 is 2.19 bits per heavy atom. The first-order valence-electron chi connectivity index (χ1n) is 8.85. The van der Waals surface area contributed by atoms with E-state index in [4.69, 9.17) is 4.74 Å². The van der Waals surface area contributed by atoms with E-state index < -0.39 is 0 Å². The molecular formula is C20H25N3O3. The summed E-state index contributed by atoms with van der Waals surface area (Å²) in [7, 11) is 1.96. The first-order valence-corrected chi connectivity index (χ1v) is 8.85. The Hall–Kier alpha value is -2.76. The predicted molar refractivity (Wildman–Crippen MR) is 99.3 cm³/mol. The quantitative estimate of drug-likeness (QED) is 0.843. The average Bonchev–Trinajstić information content (AvgIpc) is 2.94. The van der Waals surface area contributed by atoms with Crippen LogP contribution in [-0.4, -0.2) is 59.0 Å². The lowest BCUT2D eigenvalue weighted by Gasteiger charge is -2.34. The molecule has 1 aromatic carbocycles. The van der Waals surface area contributed by atoms with Gasteiger partial charge in [0, 0.05) is 44.6 Å². The zero-order valence-electron chi connectivity index (χ0n) is 15.6. The number of carbonyl (C=O) groups is 2. The Balaban J connectivity index is 1.52. The molecule has 1 saturated heterocycles. The van der Waals surface area contributed by atoms with Gasteiger partial charge in [0.1, 0.15) is 5.75 Å². The Morgan fingerprint density at radius 2 is 1.62 bits per heavy atom. The average molecular weight is 355 g/mol. The number of carbonyl (C=O) groups excluding carboxylic acids is 2. The smallest absolute Gasteiger partial charge is 0.260 e. The van der Waals surface area contributed by atoms with Gasteiger partial charge in [-0.25, -0.2) is 0 Å². The SMILES string of the molecule is Cc1cc(C(=O)N2CCN(C(=O)COc3ccccc3)CC2)c(C)n1C. The molecular weight excluding hydrogens is 330 g/mol. The van der Waals surface area contributed by atoms with E-state index >= 15 is 0 Å². The molecule has 138 valence electrons. The highest BCUT2D eigenvalue weighted by Gasteiger charge is 2.26. The number of aryl methyl sites for hydroxylation is 1. The fourth-order valence-electron chi connectivity index (χ4n) is 3.15. The van der Waals surface area contributed by atoms with Crippen LogP contribution in [0.25, 0.3) is 0 Å². The van der Waals surface area contributed by atoms with Crippen LogP contribution in [-0.2, 0) is 11.8 Å². The van der Waals surface area contributed by atoms with Crippen molar-refractivity contribution >= 4 is 11.8 Å². The molecule has 1 aliphatic heterocycles. The van der Waals surface area contributed by atoms with Gasteiger partial charge in [0.2, 0.25) is 0 Å². The third-order valence-corrected chi connectivity index (χ3v) is 5.03. The van der Waals surface area contributed by atoms with Crippen LogP contribution in [0.1, 0.15) is 21.7 Å². The molecule has 0 radical (unpaired) electrons. The molecule has 6 nitrogen and oxygen atoms in total. The van der Waals surface area contributed by atoms with E-state index in [9.17, 15) is 9.59 Å². The Labute approximate surface area is 154 Å². The highest BCUT2D eigenvalue weighted by Crippen LogP contribution is 2.17. The van der Waals surface area contributed by atoms with Gasteiger partial charge in [0.15, 0.2) is 6.61 Å². The second kappa shape index (κ2) is 7.64. The summed E-state index contributed by atoms with van der Waals surface area (Å²) in [4.78, 5) is 28.7. The molecule has 1 aromatic heterocycles. The van der Waals surface area contributed by atoms with Gasteiger partial charge in [-0.15, -0.1) is 0 Å². The molecule has 0 saturated carbocycles. The Kier molecular flexibility index (Phi) is 5.30. The van der Waals surface area contributed by atoms with Crippen LogP contribution in [0.2, 0.25) is 0 Å². The number of hydrogen-bond acceptors (Lipinski definition) is 3. The molecule has 0 unspecified atom stereocenters. The number of piperazine rings is 1.